The standard InChI is InChI=1S/C26H30N2O6S/c1-18(25-17-33-22-10-6-7-11-23(22)34-25)28(15-19-8-4-3-5-9-19)16-21(29)20-12-13-24(32-2)26(14-20)35(27,30)31/h3-14,18,21,25,29H,15-17H2,1-2H3,(H2,27,30,31). The minimum absolute atomic E-state index is 0.129. The molecule has 186 valence electrons. The Bertz CT molecular complexity index is 1250. The van der Waals surface area contributed by atoms with Gasteiger partial charge in [-0.3, -0.25) is 4.90 Å². The first-order valence-electron chi connectivity index (χ1n) is 11.3. The van der Waals surface area contributed by atoms with E-state index >= 15 is 0 Å². The van der Waals surface area contributed by atoms with E-state index in [0.29, 0.717) is 30.2 Å². The van der Waals surface area contributed by atoms with Crippen molar-refractivity contribution in [2.75, 3.05) is 20.3 Å². The first kappa shape index (κ1) is 25.0. The first-order valence-corrected chi connectivity index (χ1v) is 12.9. The average molecular weight is 499 g/mol. The molecule has 4 rings (SSSR count). The van der Waals surface area contributed by atoms with Crippen molar-refractivity contribution in [2.45, 2.75) is 36.6 Å². The number of fused-ring (bicyclic) bond motifs is 1. The Morgan fingerprint density at radius 2 is 1.77 bits per heavy atom. The van der Waals surface area contributed by atoms with E-state index < -0.39 is 16.1 Å². The van der Waals surface area contributed by atoms with Gasteiger partial charge in [0.15, 0.2) is 11.5 Å². The van der Waals surface area contributed by atoms with Crippen LogP contribution in [-0.4, -0.2) is 50.8 Å². The summed E-state index contributed by atoms with van der Waals surface area (Å²) in [5, 5.41) is 16.5. The van der Waals surface area contributed by atoms with Crippen molar-refractivity contribution >= 4 is 10.0 Å². The molecule has 0 aliphatic carbocycles. The summed E-state index contributed by atoms with van der Waals surface area (Å²) in [7, 11) is -2.66. The summed E-state index contributed by atoms with van der Waals surface area (Å²) in [4.78, 5) is 1.93. The Labute approximate surface area is 205 Å². The minimum atomic E-state index is -4.03. The predicted molar refractivity (Wildman–Crippen MR) is 132 cm³/mol. The second kappa shape index (κ2) is 10.7. The number of aliphatic hydroxyl groups excluding tert-OH is 1. The van der Waals surface area contributed by atoms with Crippen molar-refractivity contribution in [2.24, 2.45) is 5.14 Å². The second-order valence-corrected chi connectivity index (χ2v) is 10.1. The molecule has 3 unspecified atom stereocenters. The van der Waals surface area contributed by atoms with Crippen molar-refractivity contribution < 1.29 is 27.7 Å². The van der Waals surface area contributed by atoms with Crippen LogP contribution in [0.1, 0.15) is 24.2 Å². The number of para-hydroxylation sites is 2. The highest BCUT2D eigenvalue weighted by atomic mass is 32.2. The lowest BCUT2D eigenvalue weighted by Gasteiger charge is -2.38. The molecular formula is C26H30N2O6S. The molecule has 0 amide bonds. The van der Waals surface area contributed by atoms with Gasteiger partial charge >= 0.3 is 0 Å². The average Bonchev–Trinajstić information content (AvgIpc) is 2.87. The number of aliphatic hydroxyl groups is 1. The molecule has 3 aromatic carbocycles. The highest BCUT2D eigenvalue weighted by Crippen LogP contribution is 2.33. The van der Waals surface area contributed by atoms with Crippen molar-refractivity contribution in [1.29, 1.82) is 0 Å². The SMILES string of the molecule is COc1ccc(C(O)CN(Cc2ccccc2)C(C)C2COc3ccccc3O2)cc1S(N)(=O)=O. The summed E-state index contributed by atoms with van der Waals surface area (Å²) in [6.45, 7) is 3.19. The first-order chi connectivity index (χ1) is 16.8. The van der Waals surface area contributed by atoms with Gasteiger partial charge in [-0.1, -0.05) is 48.5 Å². The molecule has 3 atom stereocenters. The van der Waals surface area contributed by atoms with Crippen molar-refractivity contribution in [3.63, 3.8) is 0 Å². The third kappa shape index (κ3) is 5.94. The summed E-state index contributed by atoms with van der Waals surface area (Å²) in [5.41, 5.74) is 1.50. The molecular weight excluding hydrogens is 468 g/mol. The Hall–Kier alpha value is -3.11. The van der Waals surface area contributed by atoms with Gasteiger partial charge in [0.1, 0.15) is 23.4 Å². The lowest BCUT2D eigenvalue weighted by atomic mass is 10.0. The molecule has 35 heavy (non-hydrogen) atoms. The molecule has 1 heterocycles. The van der Waals surface area contributed by atoms with Crippen LogP contribution >= 0.6 is 0 Å². The Morgan fingerprint density at radius 1 is 1.09 bits per heavy atom. The van der Waals surface area contributed by atoms with Gasteiger partial charge in [-0.15, -0.1) is 0 Å². The van der Waals surface area contributed by atoms with E-state index in [9.17, 15) is 13.5 Å². The van der Waals surface area contributed by atoms with Crippen LogP contribution in [0.4, 0.5) is 0 Å². The Balaban J connectivity index is 1.59. The summed E-state index contributed by atoms with van der Waals surface area (Å²) >= 11 is 0. The number of primary sulfonamides is 1. The molecule has 0 saturated carbocycles. The number of nitrogens with zero attached hydrogens (tertiary/aromatic N) is 1. The fourth-order valence-corrected chi connectivity index (χ4v) is 4.88. The van der Waals surface area contributed by atoms with Gasteiger partial charge in [-0.2, -0.15) is 0 Å². The number of ether oxygens (including phenoxy) is 3. The lowest BCUT2D eigenvalue weighted by molar-refractivity contribution is -0.000925. The summed E-state index contributed by atoms with van der Waals surface area (Å²) < 4.78 is 41.4. The van der Waals surface area contributed by atoms with Gasteiger partial charge in [0.2, 0.25) is 10.0 Å². The maximum atomic E-state index is 12.0. The van der Waals surface area contributed by atoms with Crippen LogP contribution < -0.4 is 19.3 Å². The molecule has 0 saturated heterocycles. The predicted octanol–water partition coefficient (Wildman–Crippen LogP) is 3.11. The summed E-state index contributed by atoms with van der Waals surface area (Å²) in [6, 6.07) is 21.8. The Kier molecular flexibility index (Phi) is 7.61. The van der Waals surface area contributed by atoms with Crippen molar-refractivity contribution in [3.05, 3.63) is 83.9 Å². The highest BCUT2D eigenvalue weighted by Gasteiger charge is 2.31. The molecule has 0 fully saturated rings. The number of methoxy groups -OCH3 is 1. The van der Waals surface area contributed by atoms with E-state index in [0.717, 1.165) is 5.56 Å². The highest BCUT2D eigenvalue weighted by molar-refractivity contribution is 7.89. The van der Waals surface area contributed by atoms with Crippen LogP contribution in [0.2, 0.25) is 0 Å². The zero-order chi connectivity index (χ0) is 25.0. The minimum Gasteiger partial charge on any atom is -0.495 e. The van der Waals surface area contributed by atoms with Crippen molar-refractivity contribution in [3.8, 4) is 17.2 Å². The van der Waals surface area contributed by atoms with Crippen LogP contribution in [0.5, 0.6) is 17.2 Å². The van der Waals surface area contributed by atoms with Gasteiger partial charge in [-0.25, -0.2) is 13.6 Å². The van der Waals surface area contributed by atoms with Crippen LogP contribution in [0.25, 0.3) is 0 Å². The quantitative estimate of drug-likeness (QED) is 0.466. The van der Waals surface area contributed by atoms with Gasteiger partial charge in [0, 0.05) is 19.1 Å². The molecule has 0 bridgehead atoms. The molecule has 1 aliphatic heterocycles. The normalized spacial score (nSPS) is 17.1. The molecule has 8 nitrogen and oxygen atoms in total. The van der Waals surface area contributed by atoms with Crippen LogP contribution in [0.3, 0.4) is 0 Å². The fourth-order valence-electron chi connectivity index (χ4n) is 4.15. The van der Waals surface area contributed by atoms with E-state index in [-0.39, 0.29) is 29.3 Å². The summed E-state index contributed by atoms with van der Waals surface area (Å²) in [6.07, 6.45) is -1.25. The molecule has 0 radical (unpaired) electrons. The largest absolute Gasteiger partial charge is 0.495 e. The maximum absolute atomic E-state index is 12.0. The number of nitrogens with two attached hydrogens (primary N) is 1. The molecule has 3 N–H and O–H groups in total. The monoisotopic (exact) mass is 498 g/mol. The van der Waals surface area contributed by atoms with E-state index in [1.54, 1.807) is 6.07 Å². The molecule has 0 aromatic heterocycles. The van der Waals surface area contributed by atoms with Gasteiger partial charge in [0.25, 0.3) is 0 Å². The number of hydrogen-bond acceptors (Lipinski definition) is 7. The molecule has 1 aliphatic rings. The Morgan fingerprint density at radius 3 is 2.46 bits per heavy atom. The van der Waals surface area contributed by atoms with Crippen molar-refractivity contribution in [1.82, 2.24) is 4.90 Å². The number of sulfonamides is 1. The number of benzene rings is 3. The number of hydrogen-bond donors (Lipinski definition) is 2. The number of rotatable bonds is 9. The van der Waals surface area contributed by atoms with Gasteiger partial charge in [-0.05, 0) is 42.3 Å². The van der Waals surface area contributed by atoms with Gasteiger partial charge < -0.3 is 19.3 Å². The summed E-state index contributed by atoms with van der Waals surface area (Å²) in [5.74, 6) is 1.52. The third-order valence-corrected chi connectivity index (χ3v) is 7.09. The van der Waals surface area contributed by atoms with E-state index in [1.165, 1.54) is 19.2 Å². The second-order valence-electron chi connectivity index (χ2n) is 8.54. The molecule has 3 aromatic rings. The van der Waals surface area contributed by atoms with Crippen LogP contribution in [-0.2, 0) is 16.6 Å². The molecule has 9 heteroatoms. The fraction of sp³-hybridized carbons (Fsp3) is 0.308. The zero-order valence-electron chi connectivity index (χ0n) is 19.7. The van der Waals surface area contributed by atoms with Crippen LogP contribution in [0, 0.1) is 0 Å². The topological polar surface area (TPSA) is 111 Å². The van der Waals surface area contributed by atoms with Crippen LogP contribution in [0.15, 0.2) is 77.7 Å². The zero-order valence-corrected chi connectivity index (χ0v) is 20.5. The molecule has 0 spiro atoms. The third-order valence-electron chi connectivity index (χ3n) is 6.16. The smallest absolute Gasteiger partial charge is 0.241 e. The van der Waals surface area contributed by atoms with Gasteiger partial charge in [0.05, 0.1) is 13.2 Å². The lowest BCUT2D eigenvalue weighted by Crippen LogP contribution is -2.49. The van der Waals surface area contributed by atoms with E-state index in [2.05, 4.69) is 4.90 Å². The maximum Gasteiger partial charge on any atom is 0.241 e. The van der Waals surface area contributed by atoms with E-state index in [4.69, 9.17) is 19.3 Å². The van der Waals surface area contributed by atoms with E-state index in [1.807, 2.05) is 61.5 Å².